The number of amides is 1. The highest BCUT2D eigenvalue weighted by Crippen LogP contribution is 2.26. The fraction of sp³-hybridized carbons (Fsp3) is 0.0769. The molecule has 6 nitrogen and oxygen atoms in total. The molecule has 0 radical (unpaired) electrons. The van der Waals surface area contributed by atoms with Crippen molar-refractivity contribution in [3.8, 4) is 5.75 Å². The number of rotatable bonds is 7. The number of carbonyl (C=O) groups excluding carboxylic acids is 1. The van der Waals surface area contributed by atoms with E-state index in [0.717, 1.165) is 22.1 Å². The molecule has 0 saturated carbocycles. The molecule has 2 heterocycles. The minimum absolute atomic E-state index is 0.157. The van der Waals surface area contributed by atoms with Crippen LogP contribution >= 0.6 is 39.1 Å². The zero-order valence-electron chi connectivity index (χ0n) is 18.2. The molecule has 0 aliphatic heterocycles. The molecule has 5 rings (SSSR count). The van der Waals surface area contributed by atoms with E-state index >= 15 is 0 Å². The largest absolute Gasteiger partial charge is 0.486 e. The van der Waals surface area contributed by atoms with Gasteiger partial charge in [0.05, 0.1) is 11.0 Å². The second-order valence-corrected chi connectivity index (χ2v) is 9.47. The van der Waals surface area contributed by atoms with Gasteiger partial charge in [-0.2, -0.15) is 5.10 Å². The second-order valence-electron chi connectivity index (χ2n) is 7.78. The molecular weight excluding hydrogens is 553 g/mol. The monoisotopic (exact) mass is 569 g/mol. The van der Waals surface area contributed by atoms with Gasteiger partial charge in [-0.3, -0.25) is 9.48 Å². The summed E-state index contributed by atoms with van der Waals surface area (Å²) in [5.74, 6) is 1.36. The van der Waals surface area contributed by atoms with Gasteiger partial charge in [0.1, 0.15) is 18.1 Å². The number of aromatic nitrogens is 2. The van der Waals surface area contributed by atoms with Crippen LogP contribution in [0.1, 0.15) is 21.9 Å². The van der Waals surface area contributed by atoms with Gasteiger partial charge in [0, 0.05) is 16.2 Å². The fourth-order valence-corrected chi connectivity index (χ4v) is 4.43. The molecule has 0 atom stereocenters. The Morgan fingerprint density at radius 1 is 1.03 bits per heavy atom. The van der Waals surface area contributed by atoms with Crippen LogP contribution in [0.25, 0.3) is 10.8 Å². The zero-order valence-corrected chi connectivity index (χ0v) is 21.3. The van der Waals surface area contributed by atoms with Crippen molar-refractivity contribution in [1.82, 2.24) is 9.78 Å². The van der Waals surface area contributed by atoms with Gasteiger partial charge in [-0.15, -0.1) is 0 Å². The lowest BCUT2D eigenvalue weighted by Crippen LogP contribution is -2.12. The number of halogens is 3. The highest BCUT2D eigenvalue weighted by Gasteiger charge is 2.16. The lowest BCUT2D eigenvalue weighted by Gasteiger charge is -2.06. The van der Waals surface area contributed by atoms with E-state index in [0.29, 0.717) is 32.6 Å². The average Bonchev–Trinajstić information content (AvgIpc) is 3.46. The van der Waals surface area contributed by atoms with E-state index in [9.17, 15) is 4.79 Å². The van der Waals surface area contributed by atoms with E-state index in [-0.39, 0.29) is 12.4 Å². The van der Waals surface area contributed by atoms with Gasteiger partial charge in [0.25, 0.3) is 5.91 Å². The predicted molar refractivity (Wildman–Crippen MR) is 140 cm³/mol. The van der Waals surface area contributed by atoms with Crippen LogP contribution in [-0.2, 0) is 13.2 Å². The third-order valence-electron chi connectivity index (χ3n) is 5.28. The third kappa shape index (κ3) is 5.53. The molecule has 2 aromatic heterocycles. The highest BCUT2D eigenvalue weighted by molar-refractivity contribution is 9.10. The maximum Gasteiger partial charge on any atom is 0.292 e. The Kier molecular flexibility index (Phi) is 6.81. The van der Waals surface area contributed by atoms with E-state index in [4.69, 9.17) is 32.4 Å². The van der Waals surface area contributed by atoms with Crippen molar-refractivity contribution < 1.29 is 13.9 Å². The summed E-state index contributed by atoms with van der Waals surface area (Å²) in [4.78, 5) is 12.7. The number of furan rings is 1. The molecule has 0 saturated heterocycles. The van der Waals surface area contributed by atoms with Gasteiger partial charge in [-0.25, -0.2) is 0 Å². The molecule has 0 aliphatic rings. The number of hydrogen-bond acceptors (Lipinski definition) is 4. The van der Waals surface area contributed by atoms with E-state index in [1.807, 2.05) is 48.5 Å². The Hall–Kier alpha value is -3.26. The van der Waals surface area contributed by atoms with Crippen molar-refractivity contribution in [3.63, 3.8) is 0 Å². The van der Waals surface area contributed by atoms with Gasteiger partial charge >= 0.3 is 0 Å². The number of nitrogens with zero attached hydrogens (tertiary/aromatic N) is 2. The van der Waals surface area contributed by atoms with Crippen molar-refractivity contribution in [2.45, 2.75) is 13.2 Å². The molecule has 9 heteroatoms. The normalized spacial score (nSPS) is 11.1. The summed E-state index contributed by atoms with van der Waals surface area (Å²) in [6.45, 7) is 0.618. The zero-order chi connectivity index (χ0) is 24.4. The molecule has 5 aromatic rings. The van der Waals surface area contributed by atoms with Crippen molar-refractivity contribution in [2.24, 2.45) is 0 Å². The molecule has 0 aliphatic carbocycles. The summed E-state index contributed by atoms with van der Waals surface area (Å²) in [5.41, 5.74) is 0.853. The summed E-state index contributed by atoms with van der Waals surface area (Å²) >= 11 is 15.6. The molecule has 3 aromatic carbocycles. The summed E-state index contributed by atoms with van der Waals surface area (Å²) in [7, 11) is 0. The van der Waals surface area contributed by atoms with Crippen LogP contribution in [0.5, 0.6) is 5.75 Å². The van der Waals surface area contributed by atoms with Crippen molar-refractivity contribution >= 4 is 61.6 Å². The van der Waals surface area contributed by atoms with Crippen molar-refractivity contribution in [3.05, 3.63) is 111 Å². The second kappa shape index (κ2) is 10.2. The van der Waals surface area contributed by atoms with Gasteiger partial charge < -0.3 is 14.5 Å². The third-order valence-corrected chi connectivity index (χ3v) is 6.45. The lowest BCUT2D eigenvalue weighted by molar-refractivity contribution is 0.0992. The minimum Gasteiger partial charge on any atom is -0.486 e. The Bertz CT molecular complexity index is 1530. The number of fused-ring (bicyclic) bond motifs is 1. The van der Waals surface area contributed by atoms with Crippen LogP contribution in [0.2, 0.25) is 10.0 Å². The van der Waals surface area contributed by atoms with Gasteiger partial charge in [0.15, 0.2) is 11.6 Å². The van der Waals surface area contributed by atoms with Crippen LogP contribution in [0.3, 0.4) is 0 Å². The molecule has 0 spiro atoms. The van der Waals surface area contributed by atoms with Crippen molar-refractivity contribution in [1.29, 1.82) is 0 Å². The lowest BCUT2D eigenvalue weighted by atomic mass is 10.1. The Labute approximate surface area is 219 Å². The maximum absolute atomic E-state index is 12.7. The number of hydrogen-bond donors (Lipinski definition) is 1. The molecule has 0 unspecified atom stereocenters. The molecule has 35 heavy (non-hydrogen) atoms. The van der Waals surface area contributed by atoms with Crippen LogP contribution in [0.15, 0.2) is 87.9 Å². The summed E-state index contributed by atoms with van der Waals surface area (Å²) in [6, 6.07) is 22.5. The average molecular weight is 571 g/mol. The standard InChI is InChI=1S/C26H18BrCl2N3O3/c27-22-14-32(13-18-5-7-19(28)12-23(18)29)31-25(22)30-26(33)24-10-9-21(35-24)15-34-20-8-6-16-3-1-2-4-17(16)11-20/h1-12,14H,13,15H2,(H,30,31,33). The number of anilines is 1. The van der Waals surface area contributed by atoms with Crippen LogP contribution < -0.4 is 10.1 Å². The van der Waals surface area contributed by atoms with E-state index in [2.05, 4.69) is 26.3 Å². The van der Waals surface area contributed by atoms with Crippen molar-refractivity contribution in [2.75, 3.05) is 5.32 Å². The Morgan fingerprint density at radius 2 is 1.86 bits per heavy atom. The summed E-state index contributed by atoms with van der Waals surface area (Å²) in [6.07, 6.45) is 1.76. The van der Waals surface area contributed by atoms with E-state index < -0.39 is 5.91 Å². The quantitative estimate of drug-likeness (QED) is 0.219. The molecule has 0 bridgehead atoms. The molecule has 0 fully saturated rings. The van der Waals surface area contributed by atoms with Gasteiger partial charge in [-0.1, -0.05) is 59.6 Å². The molecular formula is C26H18BrCl2N3O3. The molecule has 1 N–H and O–H groups in total. The number of carbonyl (C=O) groups is 1. The predicted octanol–water partition coefficient (Wildman–Crippen LogP) is 7.58. The topological polar surface area (TPSA) is 69.3 Å². The summed E-state index contributed by atoms with van der Waals surface area (Å²) < 4.78 is 13.8. The smallest absolute Gasteiger partial charge is 0.292 e. The first-order chi connectivity index (χ1) is 16.9. The molecule has 176 valence electrons. The summed E-state index contributed by atoms with van der Waals surface area (Å²) in [5, 5.41) is 10.5. The highest BCUT2D eigenvalue weighted by atomic mass is 79.9. The number of nitrogens with one attached hydrogen (secondary N) is 1. The van der Waals surface area contributed by atoms with Gasteiger partial charge in [-0.05, 0) is 68.7 Å². The Morgan fingerprint density at radius 3 is 2.69 bits per heavy atom. The number of benzene rings is 3. The van der Waals surface area contributed by atoms with Gasteiger partial charge in [0.2, 0.25) is 0 Å². The minimum atomic E-state index is -0.419. The first-order valence-electron chi connectivity index (χ1n) is 10.6. The first kappa shape index (κ1) is 23.5. The van der Waals surface area contributed by atoms with Crippen LogP contribution in [-0.4, -0.2) is 15.7 Å². The SMILES string of the molecule is O=C(Nc1nn(Cc2ccc(Cl)cc2Cl)cc1Br)c1ccc(COc2ccc3ccccc3c2)o1. The number of ether oxygens (including phenoxy) is 1. The van der Waals surface area contributed by atoms with Crippen LogP contribution in [0.4, 0.5) is 5.82 Å². The van der Waals surface area contributed by atoms with E-state index in [1.165, 1.54) is 0 Å². The first-order valence-corrected chi connectivity index (χ1v) is 12.2. The fourth-order valence-electron chi connectivity index (χ4n) is 3.55. The van der Waals surface area contributed by atoms with Crippen LogP contribution in [0, 0.1) is 0 Å². The Balaban J connectivity index is 1.21. The molecule has 1 amide bonds. The van der Waals surface area contributed by atoms with E-state index in [1.54, 1.807) is 35.1 Å². The maximum atomic E-state index is 12.7.